The Labute approximate surface area is 253 Å². The number of benzene rings is 1. The predicted molar refractivity (Wildman–Crippen MR) is 150 cm³/mol. The number of thioether (sulfide) groups is 1. The molecule has 1 aromatic heterocycles. The summed E-state index contributed by atoms with van der Waals surface area (Å²) in [4.78, 5) is 51.6. The summed E-state index contributed by atoms with van der Waals surface area (Å²) in [6.45, 7) is 2.93. The van der Waals surface area contributed by atoms with Crippen molar-refractivity contribution in [3.8, 4) is 0 Å². The molecular formula is C28H32F6N4O5S. The molecule has 2 heterocycles. The Bertz CT molecular complexity index is 1220. The minimum absolute atomic E-state index is 0.227. The number of aliphatic carboxylic acids is 1. The van der Waals surface area contributed by atoms with Gasteiger partial charge in [0, 0.05) is 32.0 Å². The van der Waals surface area contributed by atoms with Crippen LogP contribution in [0.3, 0.4) is 0 Å². The molecule has 1 aliphatic rings. The summed E-state index contributed by atoms with van der Waals surface area (Å²) >= 11 is 0.860. The van der Waals surface area contributed by atoms with E-state index in [1.165, 1.54) is 18.0 Å². The summed E-state index contributed by atoms with van der Waals surface area (Å²) < 4.78 is 68.8. The summed E-state index contributed by atoms with van der Waals surface area (Å²) in [7, 11) is 0. The number of likely N-dealkylation sites (tertiary alicyclic amines) is 1. The normalized spacial score (nSPS) is 15.9. The Balaban J connectivity index is 0.000000860. The van der Waals surface area contributed by atoms with Crippen LogP contribution in [-0.4, -0.2) is 94.6 Å². The first-order chi connectivity index (χ1) is 20.7. The molecule has 1 aromatic carbocycles. The molecule has 0 saturated carbocycles. The first-order valence-corrected chi connectivity index (χ1v) is 14.6. The minimum Gasteiger partial charge on any atom is -0.475 e. The van der Waals surface area contributed by atoms with Gasteiger partial charge in [-0.2, -0.15) is 38.1 Å². The Kier molecular flexibility index (Phi) is 14.6. The van der Waals surface area contributed by atoms with Gasteiger partial charge in [-0.15, -0.1) is 0 Å². The molecule has 3 N–H and O–H groups in total. The van der Waals surface area contributed by atoms with Crippen LogP contribution >= 0.6 is 11.8 Å². The number of carbonyl (C=O) groups excluding carboxylic acids is 3. The number of rotatable bonds is 13. The highest BCUT2D eigenvalue weighted by Gasteiger charge is 2.38. The van der Waals surface area contributed by atoms with E-state index < -0.39 is 41.8 Å². The maximum atomic E-state index is 12.9. The number of alkyl halides is 6. The number of halogens is 6. The van der Waals surface area contributed by atoms with Gasteiger partial charge in [-0.05, 0) is 55.2 Å². The average Bonchev–Trinajstić information content (AvgIpc) is 3.45. The van der Waals surface area contributed by atoms with Crippen LogP contribution < -0.4 is 10.6 Å². The van der Waals surface area contributed by atoms with Gasteiger partial charge in [-0.3, -0.25) is 19.4 Å². The average molecular weight is 651 g/mol. The molecule has 1 unspecified atom stereocenters. The molecule has 0 spiro atoms. The second-order valence-corrected chi connectivity index (χ2v) is 10.8. The van der Waals surface area contributed by atoms with Gasteiger partial charge in [0.15, 0.2) is 0 Å². The molecule has 242 valence electrons. The molecular weight excluding hydrogens is 618 g/mol. The summed E-state index contributed by atoms with van der Waals surface area (Å²) in [6.07, 6.45) is -5.38. The minimum atomic E-state index is -5.08. The quantitative estimate of drug-likeness (QED) is 0.219. The van der Waals surface area contributed by atoms with Crippen LogP contribution in [-0.2, 0) is 14.4 Å². The number of nitrogens with zero attached hydrogens (tertiary/aromatic N) is 2. The maximum Gasteiger partial charge on any atom is 0.490 e. The topological polar surface area (TPSA) is 129 Å². The van der Waals surface area contributed by atoms with Crippen LogP contribution in [0.15, 0.2) is 54.9 Å². The van der Waals surface area contributed by atoms with Crippen LogP contribution in [0.5, 0.6) is 0 Å². The third-order valence-corrected chi connectivity index (χ3v) is 7.43. The van der Waals surface area contributed by atoms with E-state index in [0.717, 1.165) is 31.3 Å². The van der Waals surface area contributed by atoms with Gasteiger partial charge in [-0.1, -0.05) is 30.3 Å². The van der Waals surface area contributed by atoms with Crippen molar-refractivity contribution in [1.29, 1.82) is 0 Å². The van der Waals surface area contributed by atoms with Crippen LogP contribution in [0.2, 0.25) is 0 Å². The van der Waals surface area contributed by atoms with Gasteiger partial charge in [0.1, 0.15) is 6.04 Å². The van der Waals surface area contributed by atoms with Crippen LogP contribution in [0, 0.1) is 0 Å². The number of ketones is 1. The summed E-state index contributed by atoms with van der Waals surface area (Å²) in [6, 6.07) is 12.6. The van der Waals surface area contributed by atoms with Gasteiger partial charge >= 0.3 is 18.3 Å². The SMILES string of the molecule is O=C(N[C@@H](CCCSCC(=O)C(F)(F)F)C(=O)NCCN1CCC(c2ccccc2)C1)c1cccnc1.O=C(O)C(F)(F)F. The maximum absolute atomic E-state index is 12.9. The van der Waals surface area contributed by atoms with Crippen molar-refractivity contribution in [2.75, 3.05) is 37.7 Å². The Morgan fingerprint density at radius 2 is 1.70 bits per heavy atom. The van der Waals surface area contributed by atoms with Crippen molar-refractivity contribution in [3.05, 3.63) is 66.0 Å². The zero-order valence-corrected chi connectivity index (χ0v) is 24.2. The van der Waals surface area contributed by atoms with E-state index in [-0.39, 0.29) is 18.1 Å². The third-order valence-electron chi connectivity index (χ3n) is 6.39. The second-order valence-electron chi connectivity index (χ2n) is 9.67. The van der Waals surface area contributed by atoms with Crippen molar-refractivity contribution in [1.82, 2.24) is 20.5 Å². The van der Waals surface area contributed by atoms with Crippen LogP contribution in [0.25, 0.3) is 0 Å². The van der Waals surface area contributed by atoms with Crippen molar-refractivity contribution in [2.24, 2.45) is 0 Å². The van der Waals surface area contributed by atoms with E-state index in [9.17, 15) is 40.7 Å². The molecule has 3 rings (SSSR count). The van der Waals surface area contributed by atoms with E-state index in [2.05, 4.69) is 32.7 Å². The molecule has 0 radical (unpaired) electrons. The van der Waals surface area contributed by atoms with Crippen molar-refractivity contribution in [2.45, 2.75) is 43.6 Å². The first kappa shape index (κ1) is 36.5. The number of Topliss-reactive ketones (excluding diaryl/α,β-unsaturated/α-hetero) is 1. The number of nitrogens with one attached hydrogen (secondary N) is 2. The Hall–Kier alpha value is -3.66. The lowest BCUT2D eigenvalue weighted by Gasteiger charge is -2.20. The van der Waals surface area contributed by atoms with Gasteiger partial charge in [0.2, 0.25) is 11.7 Å². The second kappa shape index (κ2) is 17.6. The van der Waals surface area contributed by atoms with Crippen LogP contribution in [0.1, 0.15) is 41.1 Å². The fourth-order valence-electron chi connectivity index (χ4n) is 4.14. The van der Waals surface area contributed by atoms with Gasteiger partial charge in [0.25, 0.3) is 5.91 Å². The molecule has 2 atom stereocenters. The van der Waals surface area contributed by atoms with Crippen molar-refractivity contribution < 1.29 is 50.6 Å². The van der Waals surface area contributed by atoms with E-state index in [0.29, 0.717) is 31.0 Å². The monoisotopic (exact) mass is 650 g/mol. The lowest BCUT2D eigenvalue weighted by atomic mass is 9.99. The van der Waals surface area contributed by atoms with E-state index >= 15 is 0 Å². The number of carboxylic acids is 1. The van der Waals surface area contributed by atoms with Crippen molar-refractivity contribution in [3.63, 3.8) is 0 Å². The molecule has 44 heavy (non-hydrogen) atoms. The molecule has 16 heteroatoms. The molecule has 2 amide bonds. The number of amides is 2. The van der Waals surface area contributed by atoms with Gasteiger partial charge < -0.3 is 20.6 Å². The Morgan fingerprint density at radius 1 is 1.02 bits per heavy atom. The molecule has 0 bridgehead atoms. The molecule has 1 aliphatic heterocycles. The molecule has 1 saturated heterocycles. The lowest BCUT2D eigenvalue weighted by molar-refractivity contribution is -0.192. The number of hydrogen-bond donors (Lipinski definition) is 3. The number of pyridine rings is 1. The fourth-order valence-corrected chi connectivity index (χ4v) is 5.00. The predicted octanol–water partition coefficient (Wildman–Crippen LogP) is 4.06. The molecule has 2 aromatic rings. The molecule has 0 aliphatic carbocycles. The van der Waals surface area contributed by atoms with Gasteiger partial charge in [-0.25, -0.2) is 4.79 Å². The number of hydrogen-bond acceptors (Lipinski definition) is 7. The van der Waals surface area contributed by atoms with E-state index in [1.807, 2.05) is 18.2 Å². The highest BCUT2D eigenvalue weighted by molar-refractivity contribution is 7.99. The zero-order chi connectivity index (χ0) is 32.8. The Morgan fingerprint density at radius 3 is 2.30 bits per heavy atom. The van der Waals surface area contributed by atoms with E-state index in [4.69, 9.17) is 9.90 Å². The number of aromatic nitrogens is 1. The van der Waals surface area contributed by atoms with Crippen LogP contribution in [0.4, 0.5) is 26.3 Å². The number of carbonyl (C=O) groups is 4. The summed E-state index contributed by atoms with van der Waals surface area (Å²) in [5.41, 5.74) is 1.61. The highest BCUT2D eigenvalue weighted by atomic mass is 32.2. The number of carboxylic acid groups (broad SMARTS) is 1. The summed E-state index contributed by atoms with van der Waals surface area (Å²) in [5, 5.41) is 12.7. The smallest absolute Gasteiger partial charge is 0.475 e. The summed E-state index contributed by atoms with van der Waals surface area (Å²) in [5.74, 6) is -5.30. The van der Waals surface area contributed by atoms with Crippen molar-refractivity contribution >= 4 is 35.3 Å². The fraction of sp³-hybridized carbons (Fsp3) is 0.464. The first-order valence-electron chi connectivity index (χ1n) is 13.4. The standard InChI is InChI=1S/C26H31F3N4O3S.C2HF3O2/c27-26(28,29)23(34)18-37-15-5-9-22(32-24(35)20-8-4-11-30-16-20)25(36)31-12-14-33-13-10-21(17-33)19-6-2-1-3-7-19;3-2(4,5)1(6)7/h1-4,6-8,11,16,21-22H,5,9-10,12-15,17-18H2,(H,31,36)(H,32,35);(H,6,7)/t21?,22-;/m0./s1. The van der Waals surface area contributed by atoms with Gasteiger partial charge in [0.05, 0.1) is 11.3 Å². The molecule has 9 nitrogen and oxygen atoms in total. The van der Waals surface area contributed by atoms with E-state index in [1.54, 1.807) is 12.1 Å². The lowest BCUT2D eigenvalue weighted by Crippen LogP contribution is -2.48. The zero-order valence-electron chi connectivity index (χ0n) is 23.4. The third kappa shape index (κ3) is 13.3. The molecule has 1 fully saturated rings. The largest absolute Gasteiger partial charge is 0.490 e. The highest BCUT2D eigenvalue weighted by Crippen LogP contribution is 2.26.